The van der Waals surface area contributed by atoms with Gasteiger partial charge in [0.15, 0.2) is 5.82 Å². The fourth-order valence-electron chi connectivity index (χ4n) is 1.21. The zero-order valence-corrected chi connectivity index (χ0v) is 11.7. The Morgan fingerprint density at radius 3 is 2.87 bits per heavy atom. The lowest BCUT2D eigenvalue weighted by Crippen LogP contribution is -1.98. The molecule has 0 aromatic carbocycles. The van der Waals surface area contributed by atoms with Crippen LogP contribution in [0.4, 0.5) is 0 Å². The van der Waals surface area contributed by atoms with E-state index in [0.717, 1.165) is 26.4 Å². The Labute approximate surface area is 111 Å². The first-order chi connectivity index (χ1) is 7.22. The number of halogens is 2. The summed E-state index contributed by atoms with van der Waals surface area (Å²) in [6.07, 6.45) is 0.874. The van der Waals surface area contributed by atoms with E-state index in [9.17, 15) is 0 Å². The molecule has 2 rings (SSSR count). The van der Waals surface area contributed by atoms with Gasteiger partial charge in [-0.2, -0.15) is 0 Å². The van der Waals surface area contributed by atoms with Gasteiger partial charge in [0.2, 0.25) is 0 Å². The van der Waals surface area contributed by atoms with Crippen LogP contribution in [0, 0.1) is 3.57 Å². The molecule has 0 fully saturated rings. The molecule has 0 bridgehead atoms. The Bertz CT molecular complexity index is 471. The molecule has 0 atom stereocenters. The summed E-state index contributed by atoms with van der Waals surface area (Å²) in [4.78, 5) is 9.84. The number of hydrogen-bond acceptors (Lipinski definition) is 3. The van der Waals surface area contributed by atoms with Crippen molar-refractivity contribution >= 4 is 45.5 Å². The minimum atomic E-state index is 0.547. The minimum Gasteiger partial charge on any atom is -0.231 e. The van der Waals surface area contributed by atoms with Gasteiger partial charge in [0.25, 0.3) is 0 Å². The third-order valence-electron chi connectivity index (χ3n) is 1.96. The van der Waals surface area contributed by atoms with E-state index in [2.05, 4.69) is 39.5 Å². The molecule has 0 saturated carbocycles. The van der Waals surface area contributed by atoms with Gasteiger partial charge in [-0.05, 0) is 40.5 Å². The molecule has 15 heavy (non-hydrogen) atoms. The summed E-state index contributed by atoms with van der Waals surface area (Å²) in [7, 11) is 0. The molecule has 2 aromatic rings. The first-order valence-electron chi connectivity index (χ1n) is 4.48. The average molecular weight is 351 g/mol. The van der Waals surface area contributed by atoms with E-state index < -0.39 is 0 Å². The van der Waals surface area contributed by atoms with Crippen molar-refractivity contribution in [3.63, 3.8) is 0 Å². The van der Waals surface area contributed by atoms with Gasteiger partial charge >= 0.3 is 0 Å². The van der Waals surface area contributed by atoms with Crippen molar-refractivity contribution in [1.82, 2.24) is 9.97 Å². The van der Waals surface area contributed by atoms with E-state index in [1.165, 1.54) is 0 Å². The number of aryl methyl sites for hydroxylation is 1. The van der Waals surface area contributed by atoms with Gasteiger partial charge in [-0.1, -0.05) is 24.6 Å². The van der Waals surface area contributed by atoms with Gasteiger partial charge < -0.3 is 0 Å². The van der Waals surface area contributed by atoms with E-state index in [4.69, 9.17) is 11.6 Å². The quantitative estimate of drug-likeness (QED) is 0.604. The molecule has 0 N–H and O–H groups in total. The lowest BCUT2D eigenvalue weighted by Gasteiger charge is -2.04. The molecule has 5 heteroatoms. The molecule has 2 aromatic heterocycles. The molecule has 0 spiro atoms. The van der Waals surface area contributed by atoms with Crippen molar-refractivity contribution < 1.29 is 0 Å². The fourth-order valence-corrected chi connectivity index (χ4v) is 2.68. The Morgan fingerprint density at radius 2 is 2.27 bits per heavy atom. The molecule has 0 saturated heterocycles. The van der Waals surface area contributed by atoms with Crippen LogP contribution in [-0.2, 0) is 6.42 Å². The summed E-state index contributed by atoms with van der Waals surface area (Å²) in [6.45, 7) is 2.07. The van der Waals surface area contributed by atoms with Gasteiger partial charge in [0.05, 0.1) is 14.1 Å². The largest absolute Gasteiger partial charge is 0.231 e. The van der Waals surface area contributed by atoms with Crippen molar-refractivity contribution in [1.29, 1.82) is 0 Å². The van der Waals surface area contributed by atoms with Crippen LogP contribution in [0.5, 0.6) is 0 Å². The van der Waals surface area contributed by atoms with Crippen molar-refractivity contribution in [2.24, 2.45) is 0 Å². The normalized spacial score (nSPS) is 10.6. The van der Waals surface area contributed by atoms with Gasteiger partial charge in [-0.25, -0.2) is 9.97 Å². The standard InChI is InChI=1S/C10H8ClIN2S/c1-2-6-8(12)9(11)14-10(13-6)7-4-3-5-15-7/h3-5H,2H2,1H3. The molecule has 0 amide bonds. The number of thiophene rings is 1. The second kappa shape index (κ2) is 4.76. The van der Waals surface area contributed by atoms with Gasteiger partial charge in [-0.15, -0.1) is 11.3 Å². The van der Waals surface area contributed by atoms with Crippen LogP contribution in [0.25, 0.3) is 10.7 Å². The summed E-state index contributed by atoms with van der Waals surface area (Å²) in [5.41, 5.74) is 1.01. The van der Waals surface area contributed by atoms with E-state index in [-0.39, 0.29) is 0 Å². The van der Waals surface area contributed by atoms with Gasteiger partial charge in [0, 0.05) is 0 Å². The minimum absolute atomic E-state index is 0.547. The highest BCUT2D eigenvalue weighted by Gasteiger charge is 2.10. The van der Waals surface area contributed by atoms with Crippen LogP contribution in [0.3, 0.4) is 0 Å². The van der Waals surface area contributed by atoms with Crippen molar-refractivity contribution in [3.8, 4) is 10.7 Å². The molecular formula is C10H8ClIN2S. The molecule has 0 aliphatic rings. The molecule has 2 heterocycles. The van der Waals surface area contributed by atoms with E-state index in [1.54, 1.807) is 11.3 Å². The maximum atomic E-state index is 6.06. The highest BCUT2D eigenvalue weighted by atomic mass is 127. The first kappa shape index (κ1) is 11.3. The van der Waals surface area contributed by atoms with Crippen molar-refractivity contribution in [3.05, 3.63) is 31.9 Å². The Kier molecular flexibility index (Phi) is 3.58. The molecule has 78 valence electrons. The zero-order valence-electron chi connectivity index (χ0n) is 8.00. The first-order valence-corrected chi connectivity index (χ1v) is 6.81. The second-order valence-corrected chi connectivity index (χ2v) is 5.31. The van der Waals surface area contributed by atoms with E-state index in [0.29, 0.717) is 5.15 Å². The number of rotatable bonds is 2. The highest BCUT2D eigenvalue weighted by molar-refractivity contribution is 14.1. The monoisotopic (exact) mass is 350 g/mol. The van der Waals surface area contributed by atoms with E-state index in [1.807, 2.05) is 17.5 Å². The van der Waals surface area contributed by atoms with E-state index >= 15 is 0 Å². The van der Waals surface area contributed by atoms with Crippen LogP contribution < -0.4 is 0 Å². The molecule has 0 radical (unpaired) electrons. The molecular weight excluding hydrogens is 343 g/mol. The number of nitrogens with zero attached hydrogens (tertiary/aromatic N) is 2. The summed E-state index contributed by atoms with van der Waals surface area (Å²) in [5, 5.41) is 2.56. The zero-order chi connectivity index (χ0) is 10.8. The third kappa shape index (κ3) is 2.32. The van der Waals surface area contributed by atoms with Crippen molar-refractivity contribution in [2.75, 3.05) is 0 Å². The van der Waals surface area contributed by atoms with Crippen LogP contribution in [0.1, 0.15) is 12.6 Å². The Hall–Kier alpha value is -0.200. The summed E-state index contributed by atoms with van der Waals surface area (Å²) >= 11 is 9.87. The molecule has 2 nitrogen and oxygen atoms in total. The topological polar surface area (TPSA) is 25.8 Å². The van der Waals surface area contributed by atoms with Crippen LogP contribution in [-0.4, -0.2) is 9.97 Å². The predicted octanol–water partition coefficient (Wildman–Crippen LogP) is 4.03. The van der Waals surface area contributed by atoms with Gasteiger partial charge in [0.1, 0.15) is 5.15 Å². The second-order valence-electron chi connectivity index (χ2n) is 2.93. The maximum absolute atomic E-state index is 6.06. The fraction of sp³-hybridized carbons (Fsp3) is 0.200. The van der Waals surface area contributed by atoms with Crippen molar-refractivity contribution in [2.45, 2.75) is 13.3 Å². The molecule has 0 aliphatic carbocycles. The Morgan fingerprint density at radius 1 is 1.47 bits per heavy atom. The summed E-state index contributed by atoms with van der Waals surface area (Å²) in [6, 6.07) is 3.99. The number of hydrogen-bond donors (Lipinski definition) is 0. The van der Waals surface area contributed by atoms with Crippen LogP contribution in [0.2, 0.25) is 5.15 Å². The van der Waals surface area contributed by atoms with Crippen LogP contribution >= 0.6 is 45.5 Å². The smallest absolute Gasteiger partial charge is 0.171 e. The highest BCUT2D eigenvalue weighted by Crippen LogP contribution is 2.26. The predicted molar refractivity (Wildman–Crippen MR) is 72.5 cm³/mol. The maximum Gasteiger partial charge on any atom is 0.171 e. The summed E-state index contributed by atoms with van der Waals surface area (Å²) < 4.78 is 0.956. The third-order valence-corrected chi connectivity index (χ3v) is 4.55. The lowest BCUT2D eigenvalue weighted by molar-refractivity contribution is 0.992. The van der Waals surface area contributed by atoms with Crippen LogP contribution in [0.15, 0.2) is 17.5 Å². The average Bonchev–Trinajstić information content (AvgIpc) is 2.75. The molecule has 0 unspecified atom stereocenters. The molecule has 0 aliphatic heterocycles. The summed E-state index contributed by atoms with van der Waals surface area (Å²) in [5.74, 6) is 0.729. The number of aromatic nitrogens is 2. The lowest BCUT2D eigenvalue weighted by atomic mass is 10.3. The Balaban J connectivity index is 2.55. The SMILES string of the molecule is CCc1nc(-c2cccs2)nc(Cl)c1I. The van der Waals surface area contributed by atoms with Gasteiger partial charge in [-0.3, -0.25) is 0 Å².